The van der Waals surface area contributed by atoms with Crippen LogP contribution in [0.25, 0.3) is 0 Å². The summed E-state index contributed by atoms with van der Waals surface area (Å²) in [5.74, 6) is 2.28. The molecule has 2 aromatic carbocycles. The molecule has 1 saturated heterocycles. The maximum absolute atomic E-state index is 5.23. The zero-order valence-electron chi connectivity index (χ0n) is 14.2. The Morgan fingerprint density at radius 3 is 2.21 bits per heavy atom. The fraction of sp³-hybridized carbons (Fsp3) is 0.368. The summed E-state index contributed by atoms with van der Waals surface area (Å²) in [7, 11) is 3.38. The van der Waals surface area contributed by atoms with Gasteiger partial charge in [-0.2, -0.15) is 0 Å². The first-order valence-corrected chi connectivity index (χ1v) is 8.26. The number of hydrazine groups is 1. The van der Waals surface area contributed by atoms with Crippen molar-refractivity contribution in [2.45, 2.75) is 12.6 Å². The van der Waals surface area contributed by atoms with Gasteiger partial charge in [-0.15, -0.1) is 0 Å². The van der Waals surface area contributed by atoms with Crippen LogP contribution in [0.1, 0.15) is 17.2 Å². The molecule has 0 saturated carbocycles. The number of methoxy groups -OCH3 is 2. The lowest BCUT2D eigenvalue weighted by Gasteiger charge is -2.19. The average Bonchev–Trinajstić information content (AvgIpc) is 3.11. The molecule has 128 valence electrons. The molecule has 0 bridgehead atoms. The molecule has 2 unspecified atom stereocenters. The lowest BCUT2D eigenvalue weighted by atomic mass is 9.95. The quantitative estimate of drug-likeness (QED) is 0.728. The minimum Gasteiger partial charge on any atom is -0.497 e. The van der Waals surface area contributed by atoms with Crippen molar-refractivity contribution >= 4 is 0 Å². The van der Waals surface area contributed by atoms with Gasteiger partial charge in [0, 0.05) is 25.6 Å². The van der Waals surface area contributed by atoms with Gasteiger partial charge in [0.1, 0.15) is 11.5 Å². The highest BCUT2D eigenvalue weighted by molar-refractivity contribution is 5.30. The van der Waals surface area contributed by atoms with Crippen LogP contribution in [0.15, 0.2) is 48.5 Å². The second kappa shape index (κ2) is 8.15. The van der Waals surface area contributed by atoms with Crippen molar-refractivity contribution in [3.63, 3.8) is 0 Å². The molecule has 2 aromatic rings. The van der Waals surface area contributed by atoms with Crippen LogP contribution in [0.5, 0.6) is 11.5 Å². The van der Waals surface area contributed by atoms with Crippen LogP contribution in [-0.2, 0) is 6.54 Å². The maximum Gasteiger partial charge on any atom is 0.118 e. The molecule has 1 heterocycles. The van der Waals surface area contributed by atoms with E-state index in [1.165, 1.54) is 11.1 Å². The van der Waals surface area contributed by atoms with E-state index < -0.39 is 0 Å². The Morgan fingerprint density at radius 2 is 1.58 bits per heavy atom. The smallest absolute Gasteiger partial charge is 0.118 e. The summed E-state index contributed by atoms with van der Waals surface area (Å²) in [4.78, 5) is 0. The van der Waals surface area contributed by atoms with E-state index in [0.29, 0.717) is 12.0 Å². The Labute approximate surface area is 143 Å². The highest BCUT2D eigenvalue weighted by Crippen LogP contribution is 2.26. The topological polar surface area (TPSA) is 54.5 Å². The second-order valence-corrected chi connectivity index (χ2v) is 6.02. The van der Waals surface area contributed by atoms with Crippen LogP contribution in [0.4, 0.5) is 0 Å². The van der Waals surface area contributed by atoms with Crippen LogP contribution in [0.2, 0.25) is 0 Å². The number of rotatable bonds is 7. The summed E-state index contributed by atoms with van der Waals surface area (Å²) >= 11 is 0. The first-order chi connectivity index (χ1) is 11.8. The van der Waals surface area contributed by atoms with E-state index in [-0.39, 0.29) is 0 Å². The van der Waals surface area contributed by atoms with E-state index in [9.17, 15) is 0 Å². The van der Waals surface area contributed by atoms with Gasteiger partial charge in [0.2, 0.25) is 0 Å². The third-order valence-corrected chi connectivity index (χ3v) is 4.46. The summed E-state index contributed by atoms with van der Waals surface area (Å²) in [5, 5.41) is 3.56. The van der Waals surface area contributed by atoms with Gasteiger partial charge in [0.25, 0.3) is 0 Å². The molecule has 1 aliphatic heterocycles. The standard InChI is InChI=1S/C19H25N3O2/c1-23-17-7-3-14(4-8-17)11-20-12-16-13-21-22-19(16)15-5-9-18(24-2)10-6-15/h3-10,16,19-22H,11-13H2,1-2H3. The molecular formula is C19H25N3O2. The third-order valence-electron chi connectivity index (χ3n) is 4.46. The molecule has 3 N–H and O–H groups in total. The lowest BCUT2D eigenvalue weighted by molar-refractivity contribution is 0.412. The average molecular weight is 327 g/mol. The number of nitrogens with one attached hydrogen (secondary N) is 3. The van der Waals surface area contributed by atoms with E-state index >= 15 is 0 Å². The van der Waals surface area contributed by atoms with E-state index in [1.54, 1.807) is 14.2 Å². The van der Waals surface area contributed by atoms with Gasteiger partial charge in [-0.3, -0.25) is 5.43 Å². The molecule has 5 heteroatoms. The zero-order chi connectivity index (χ0) is 16.8. The molecule has 0 amide bonds. The second-order valence-electron chi connectivity index (χ2n) is 6.02. The SMILES string of the molecule is COc1ccc(CNCC2CNNC2c2ccc(OC)cc2)cc1. The van der Waals surface area contributed by atoms with Gasteiger partial charge in [-0.05, 0) is 35.4 Å². The van der Waals surface area contributed by atoms with Crippen molar-refractivity contribution in [3.05, 3.63) is 59.7 Å². The minimum absolute atomic E-state index is 0.305. The Morgan fingerprint density at radius 1 is 0.958 bits per heavy atom. The maximum atomic E-state index is 5.23. The fourth-order valence-electron chi connectivity index (χ4n) is 3.04. The molecule has 3 rings (SSSR count). The van der Waals surface area contributed by atoms with Crippen molar-refractivity contribution in [1.82, 2.24) is 16.2 Å². The Kier molecular flexibility index (Phi) is 5.69. The van der Waals surface area contributed by atoms with Crippen molar-refractivity contribution in [2.24, 2.45) is 5.92 Å². The van der Waals surface area contributed by atoms with Crippen LogP contribution >= 0.6 is 0 Å². The normalized spacial score (nSPS) is 20.1. The molecule has 5 nitrogen and oxygen atoms in total. The highest BCUT2D eigenvalue weighted by Gasteiger charge is 2.27. The Balaban J connectivity index is 1.53. The van der Waals surface area contributed by atoms with Gasteiger partial charge in [-0.25, -0.2) is 5.43 Å². The predicted molar refractivity (Wildman–Crippen MR) is 95.1 cm³/mol. The number of benzene rings is 2. The zero-order valence-corrected chi connectivity index (χ0v) is 14.2. The van der Waals surface area contributed by atoms with Crippen LogP contribution in [0.3, 0.4) is 0 Å². The molecule has 2 atom stereocenters. The van der Waals surface area contributed by atoms with E-state index in [0.717, 1.165) is 31.1 Å². The predicted octanol–water partition coefficient (Wildman–Crippen LogP) is 2.26. The van der Waals surface area contributed by atoms with Crippen molar-refractivity contribution in [1.29, 1.82) is 0 Å². The van der Waals surface area contributed by atoms with Crippen LogP contribution in [-0.4, -0.2) is 27.3 Å². The van der Waals surface area contributed by atoms with Gasteiger partial charge < -0.3 is 14.8 Å². The monoisotopic (exact) mass is 327 g/mol. The molecule has 0 aromatic heterocycles. The van der Waals surface area contributed by atoms with Crippen molar-refractivity contribution in [3.8, 4) is 11.5 Å². The molecule has 24 heavy (non-hydrogen) atoms. The number of ether oxygens (including phenoxy) is 2. The van der Waals surface area contributed by atoms with Crippen molar-refractivity contribution < 1.29 is 9.47 Å². The van der Waals surface area contributed by atoms with Gasteiger partial charge in [-0.1, -0.05) is 24.3 Å². The van der Waals surface area contributed by atoms with E-state index in [1.807, 2.05) is 24.3 Å². The molecule has 0 spiro atoms. The van der Waals surface area contributed by atoms with E-state index in [4.69, 9.17) is 9.47 Å². The van der Waals surface area contributed by atoms with Gasteiger partial charge >= 0.3 is 0 Å². The number of hydrogen-bond donors (Lipinski definition) is 3. The molecule has 1 fully saturated rings. The van der Waals surface area contributed by atoms with Crippen molar-refractivity contribution in [2.75, 3.05) is 27.3 Å². The first-order valence-electron chi connectivity index (χ1n) is 8.26. The molecule has 0 radical (unpaired) electrons. The van der Waals surface area contributed by atoms with Gasteiger partial charge in [0.05, 0.1) is 20.3 Å². The third kappa shape index (κ3) is 4.06. The lowest BCUT2D eigenvalue weighted by Crippen LogP contribution is -2.28. The summed E-state index contributed by atoms with van der Waals surface area (Å²) in [6, 6.07) is 16.8. The van der Waals surface area contributed by atoms with E-state index in [2.05, 4.69) is 40.4 Å². The largest absolute Gasteiger partial charge is 0.497 e. The first kappa shape index (κ1) is 16.8. The summed E-state index contributed by atoms with van der Waals surface area (Å²) in [6.45, 7) is 2.75. The summed E-state index contributed by atoms with van der Waals surface area (Å²) in [6.07, 6.45) is 0. The minimum atomic E-state index is 0.305. The molecular weight excluding hydrogens is 302 g/mol. The van der Waals surface area contributed by atoms with Gasteiger partial charge in [0.15, 0.2) is 0 Å². The fourth-order valence-corrected chi connectivity index (χ4v) is 3.04. The van der Waals surface area contributed by atoms with Crippen LogP contribution in [0, 0.1) is 5.92 Å². The molecule has 0 aliphatic carbocycles. The Hall–Kier alpha value is -2.08. The molecule has 1 aliphatic rings. The summed E-state index contributed by atoms with van der Waals surface area (Å²) < 4.78 is 10.4. The van der Waals surface area contributed by atoms with Crippen LogP contribution < -0.4 is 25.6 Å². The highest BCUT2D eigenvalue weighted by atomic mass is 16.5. The summed E-state index contributed by atoms with van der Waals surface area (Å²) in [5.41, 5.74) is 9.19. The Bertz CT molecular complexity index is 628. The number of hydrogen-bond acceptors (Lipinski definition) is 5.